The Morgan fingerprint density at radius 1 is 0.543 bits per heavy atom. The molecule has 0 aliphatic rings. The minimum Gasteiger partial charge on any atom is -0.791 e. The highest BCUT2D eigenvalue weighted by molar-refractivity contribution is 7.59. The largest absolute Gasteiger partial charge is 0.791 e. The molecule has 0 atom stereocenters. The molecule has 0 aliphatic carbocycles. The maximum Gasteiger partial charge on any atom is 0.216 e. The summed E-state index contributed by atoms with van der Waals surface area (Å²) in [6.07, 6.45) is 0. The van der Waals surface area contributed by atoms with Gasteiger partial charge in [-0.15, -0.1) is 0 Å². The van der Waals surface area contributed by atoms with Crippen LogP contribution in [0.1, 0.15) is 6.92 Å². The first-order chi connectivity index (χ1) is 16.8. The molecule has 0 heterocycles. The summed E-state index contributed by atoms with van der Waals surface area (Å²) in [4.78, 5) is 13.7. The average Bonchev–Trinajstić information content (AvgIpc) is 2.86. The molecule has 0 radical (unpaired) electrons. The van der Waals surface area contributed by atoms with E-state index in [2.05, 4.69) is 17.9 Å². The molecule has 2 nitrogen and oxygen atoms in total. The Balaban J connectivity index is 0.000000413. The second-order valence-electron chi connectivity index (χ2n) is 6.44. The summed E-state index contributed by atoms with van der Waals surface area (Å²) in [5.74, 6) is 0.587. The normalized spacial score (nSPS) is 8.51. The molecule has 4 rings (SSSR count). The fourth-order valence-electron chi connectivity index (χ4n) is 1.91. The lowest BCUT2D eigenvalue weighted by Crippen LogP contribution is -2.22. The lowest BCUT2D eigenvalue weighted by molar-refractivity contribution is -0.118. The fraction of sp³-hybridized carbons (Fsp3) is 0.107. The minimum atomic E-state index is -0.00940. The van der Waals surface area contributed by atoms with Crippen molar-refractivity contribution in [3.63, 3.8) is 0 Å². The summed E-state index contributed by atoms with van der Waals surface area (Å²) in [7, 11) is 0. The molecule has 4 aromatic rings. The standard InChI is InChI=1S/4C6H6S.C4H9NOS/c4*7-6-4-2-1-3-5-6;1-4(6)5-2-3-7/h4*1-5,7H;7H,2-3H2,1H3,(H,5,6)/p-5. The van der Waals surface area contributed by atoms with Gasteiger partial charge in [-0.05, 0) is 6.54 Å². The molecule has 0 aromatic heterocycles. The topological polar surface area (TPSA) is 29.1 Å². The van der Waals surface area contributed by atoms with Gasteiger partial charge in [-0.1, -0.05) is 121 Å². The molecule has 35 heavy (non-hydrogen) atoms. The maximum atomic E-state index is 10.0. The van der Waals surface area contributed by atoms with E-state index < -0.39 is 0 Å². The predicted octanol–water partition coefficient (Wildman–Crippen LogP) is 6.04. The van der Waals surface area contributed by atoms with Crippen molar-refractivity contribution < 1.29 is 4.79 Å². The monoisotopic (exact) mass is 554 g/mol. The van der Waals surface area contributed by atoms with E-state index in [-0.39, 0.29) is 5.91 Å². The van der Waals surface area contributed by atoms with Crippen LogP contribution in [0.4, 0.5) is 0 Å². The number of amides is 1. The van der Waals surface area contributed by atoms with E-state index in [1.165, 1.54) is 6.92 Å². The third-order valence-corrected chi connectivity index (χ3v) is 4.74. The molecule has 0 spiro atoms. The van der Waals surface area contributed by atoms with Gasteiger partial charge in [0.15, 0.2) is 0 Å². The Kier molecular flexibility index (Phi) is 21.7. The van der Waals surface area contributed by atoms with E-state index in [1.807, 2.05) is 121 Å². The van der Waals surface area contributed by atoms with Gasteiger partial charge >= 0.3 is 0 Å². The van der Waals surface area contributed by atoms with Crippen LogP contribution in [-0.4, -0.2) is 18.2 Å². The van der Waals surface area contributed by atoms with Crippen molar-refractivity contribution in [3.05, 3.63) is 121 Å². The lowest BCUT2D eigenvalue weighted by Gasteiger charge is -2.01. The zero-order chi connectivity index (χ0) is 26.2. The predicted molar refractivity (Wildman–Crippen MR) is 159 cm³/mol. The van der Waals surface area contributed by atoms with Gasteiger partial charge in [0, 0.05) is 6.92 Å². The van der Waals surface area contributed by atoms with Gasteiger partial charge in [0.1, 0.15) is 0 Å². The molecule has 4 aromatic carbocycles. The number of hydrogen-bond donors (Lipinski definition) is 1. The fourth-order valence-corrected chi connectivity index (χ4v) is 2.64. The summed E-state index contributed by atoms with van der Waals surface area (Å²) in [6, 6.07) is 38.5. The zero-order valence-corrected chi connectivity index (χ0v) is 23.5. The highest BCUT2D eigenvalue weighted by atomic mass is 32.1. The van der Waals surface area contributed by atoms with Crippen LogP contribution in [0.15, 0.2) is 141 Å². The number of nitrogens with one attached hydrogen (secondary N) is 1. The minimum absolute atomic E-state index is 0.00940. The van der Waals surface area contributed by atoms with Crippen LogP contribution >= 0.6 is 0 Å². The molecule has 0 unspecified atom stereocenters. The first-order valence-corrected chi connectivity index (χ1v) is 12.8. The van der Waals surface area contributed by atoms with E-state index in [9.17, 15) is 4.79 Å². The average molecular weight is 555 g/mol. The molecule has 0 aliphatic heterocycles. The molecule has 0 fully saturated rings. The Labute approximate surface area is 238 Å². The van der Waals surface area contributed by atoms with Crippen molar-refractivity contribution in [1.29, 1.82) is 0 Å². The Bertz CT molecular complexity index is 839. The summed E-state index contributed by atoms with van der Waals surface area (Å²) in [6.45, 7) is 2.09. The lowest BCUT2D eigenvalue weighted by atomic mass is 10.4. The first kappa shape index (κ1) is 32.6. The van der Waals surface area contributed by atoms with Crippen LogP contribution < -0.4 is 5.32 Å². The highest BCUT2D eigenvalue weighted by Crippen LogP contribution is 1.94. The van der Waals surface area contributed by atoms with Crippen molar-refractivity contribution >= 4 is 69.1 Å². The van der Waals surface area contributed by atoms with Gasteiger partial charge in [-0.3, -0.25) is 4.79 Å². The summed E-state index contributed by atoms with van der Waals surface area (Å²) in [5, 5.41) is 2.55. The maximum absolute atomic E-state index is 10.0. The van der Waals surface area contributed by atoms with E-state index in [0.29, 0.717) is 12.3 Å². The molecule has 0 bridgehead atoms. The Morgan fingerprint density at radius 3 is 0.857 bits per heavy atom. The van der Waals surface area contributed by atoms with E-state index >= 15 is 0 Å². The van der Waals surface area contributed by atoms with Crippen molar-refractivity contribution in [2.45, 2.75) is 26.5 Å². The summed E-state index contributed by atoms with van der Waals surface area (Å²) >= 11 is 23.8. The number of carbonyl (C=O) groups is 1. The van der Waals surface area contributed by atoms with Gasteiger partial charge < -0.3 is 68.5 Å². The molecular weight excluding hydrogens is 527 g/mol. The molecular formula is C28H28NOS5-5. The van der Waals surface area contributed by atoms with Crippen molar-refractivity contribution in [1.82, 2.24) is 5.32 Å². The quantitative estimate of drug-likeness (QED) is 0.304. The van der Waals surface area contributed by atoms with Crippen LogP contribution in [0.2, 0.25) is 0 Å². The smallest absolute Gasteiger partial charge is 0.216 e. The molecule has 1 N–H and O–H groups in total. The van der Waals surface area contributed by atoms with Crippen LogP contribution in [-0.2, 0) is 67.9 Å². The first-order valence-electron chi connectivity index (χ1n) is 10.6. The van der Waals surface area contributed by atoms with Crippen LogP contribution in [0.3, 0.4) is 0 Å². The van der Waals surface area contributed by atoms with E-state index in [1.54, 1.807) is 0 Å². The zero-order valence-electron chi connectivity index (χ0n) is 19.4. The van der Waals surface area contributed by atoms with Gasteiger partial charge in [-0.2, -0.15) is 25.3 Å². The van der Waals surface area contributed by atoms with Crippen molar-refractivity contribution in [3.8, 4) is 0 Å². The number of benzene rings is 4. The molecule has 0 saturated heterocycles. The van der Waals surface area contributed by atoms with Gasteiger partial charge in [0.25, 0.3) is 0 Å². The van der Waals surface area contributed by atoms with Crippen LogP contribution in [0.25, 0.3) is 0 Å². The van der Waals surface area contributed by atoms with E-state index in [0.717, 1.165) is 19.6 Å². The van der Waals surface area contributed by atoms with Crippen LogP contribution in [0, 0.1) is 0 Å². The number of carbonyl (C=O) groups excluding carboxylic acids is 1. The number of hydrogen-bond acceptors (Lipinski definition) is 6. The van der Waals surface area contributed by atoms with Gasteiger partial charge in [0.05, 0.1) is 0 Å². The third kappa shape index (κ3) is 24.5. The molecule has 0 saturated carbocycles. The second-order valence-corrected chi connectivity index (χ2v) is 8.73. The van der Waals surface area contributed by atoms with Crippen molar-refractivity contribution in [2.75, 3.05) is 12.3 Å². The SMILES string of the molecule is CC(=O)NCC[S-].[S-]c1ccccc1.[S-]c1ccccc1.[S-]c1ccccc1.[S-]c1ccccc1. The Morgan fingerprint density at radius 2 is 0.771 bits per heavy atom. The molecule has 186 valence electrons. The van der Waals surface area contributed by atoms with E-state index in [4.69, 9.17) is 50.5 Å². The van der Waals surface area contributed by atoms with Crippen molar-refractivity contribution in [2.24, 2.45) is 0 Å². The third-order valence-electron chi connectivity index (χ3n) is 3.45. The number of rotatable bonds is 2. The molecule has 7 heteroatoms. The van der Waals surface area contributed by atoms with Crippen LogP contribution in [0.5, 0.6) is 0 Å². The summed E-state index contributed by atoms with van der Waals surface area (Å²) in [5.41, 5.74) is 0. The molecule has 1 amide bonds. The van der Waals surface area contributed by atoms with Gasteiger partial charge in [-0.25, -0.2) is 0 Å². The highest BCUT2D eigenvalue weighted by Gasteiger charge is 1.80. The Hall–Kier alpha value is -2.42. The summed E-state index contributed by atoms with van der Waals surface area (Å²) < 4.78 is 0. The van der Waals surface area contributed by atoms with Gasteiger partial charge in [0.2, 0.25) is 5.91 Å². The second kappa shape index (κ2) is 23.3.